The Morgan fingerprint density at radius 1 is 1.08 bits per heavy atom. The molecule has 1 atom stereocenters. The van der Waals surface area contributed by atoms with Gasteiger partial charge in [0.15, 0.2) is 0 Å². The minimum atomic E-state index is -0.513. The van der Waals surface area contributed by atoms with Crippen molar-refractivity contribution in [1.29, 1.82) is 0 Å². The number of hydrogen-bond donors (Lipinski definition) is 1. The zero-order chi connectivity index (χ0) is 25.8. The Hall–Kier alpha value is -3.35. The van der Waals surface area contributed by atoms with Gasteiger partial charge in [0.05, 0.1) is 33.3 Å². The van der Waals surface area contributed by atoms with Gasteiger partial charge in [-0.05, 0) is 68.3 Å². The predicted molar refractivity (Wildman–Crippen MR) is 148 cm³/mol. The lowest BCUT2D eigenvalue weighted by Crippen LogP contribution is -2.40. The number of hydrogen-bond acceptors (Lipinski definition) is 3. The second-order valence-electron chi connectivity index (χ2n) is 8.74. The van der Waals surface area contributed by atoms with Crippen LogP contribution in [0.5, 0.6) is 0 Å². The maximum atomic E-state index is 13.7. The van der Waals surface area contributed by atoms with Crippen LogP contribution in [0.1, 0.15) is 44.1 Å². The van der Waals surface area contributed by atoms with Crippen molar-refractivity contribution in [2.45, 2.75) is 39.7 Å². The van der Waals surface area contributed by atoms with Crippen LogP contribution in [0.25, 0.3) is 16.6 Å². The van der Waals surface area contributed by atoms with E-state index >= 15 is 0 Å². The Kier molecular flexibility index (Phi) is 7.97. The maximum Gasteiger partial charge on any atom is 0.322 e. The van der Waals surface area contributed by atoms with E-state index in [0.717, 1.165) is 18.4 Å². The molecule has 8 heteroatoms. The summed E-state index contributed by atoms with van der Waals surface area (Å²) < 4.78 is 1.61. The molecule has 0 saturated carbocycles. The number of unbranched alkanes of at least 4 members (excludes halogenated alkanes) is 1. The topological polar surface area (TPSA) is 67.2 Å². The molecular formula is C28H28Cl2N4O2. The van der Waals surface area contributed by atoms with E-state index < -0.39 is 6.04 Å². The van der Waals surface area contributed by atoms with Crippen molar-refractivity contribution in [3.05, 3.63) is 98.5 Å². The Morgan fingerprint density at radius 3 is 2.58 bits per heavy atom. The van der Waals surface area contributed by atoms with Crippen molar-refractivity contribution in [2.75, 3.05) is 11.9 Å². The van der Waals surface area contributed by atoms with Crippen LogP contribution in [0.15, 0.2) is 71.5 Å². The highest BCUT2D eigenvalue weighted by molar-refractivity contribution is 6.36. The third kappa shape index (κ3) is 5.40. The van der Waals surface area contributed by atoms with Gasteiger partial charge in [0.25, 0.3) is 5.56 Å². The number of nitrogens with one attached hydrogen (secondary N) is 1. The summed E-state index contributed by atoms with van der Waals surface area (Å²) in [6.07, 6.45) is 1.68. The molecule has 0 aliphatic rings. The minimum Gasteiger partial charge on any atom is -0.315 e. The van der Waals surface area contributed by atoms with E-state index in [-0.39, 0.29) is 11.6 Å². The number of fused-ring (bicyclic) bond motifs is 1. The van der Waals surface area contributed by atoms with Crippen molar-refractivity contribution in [1.82, 2.24) is 14.5 Å². The standard InChI is InChI=1S/C28H28Cl2N4O2/c1-4-5-15-33(28(36)32-25-14-13-20(29)17-23(25)30)19(3)26-31-24-12-7-6-11-22(24)27(35)34(26)21-10-8-9-18(2)16-21/h6-14,16-17,19H,4-5,15H2,1-3H3,(H,32,36). The van der Waals surface area contributed by atoms with Crippen LogP contribution in [0, 0.1) is 6.92 Å². The molecule has 3 aromatic carbocycles. The third-order valence-corrected chi connectivity index (χ3v) is 6.64. The van der Waals surface area contributed by atoms with Crippen LogP contribution in [0.2, 0.25) is 10.0 Å². The molecule has 186 valence electrons. The van der Waals surface area contributed by atoms with E-state index in [2.05, 4.69) is 12.2 Å². The first-order valence-corrected chi connectivity index (χ1v) is 12.7. The van der Waals surface area contributed by atoms with Crippen molar-refractivity contribution in [3.63, 3.8) is 0 Å². The molecule has 1 aromatic heterocycles. The molecule has 6 nitrogen and oxygen atoms in total. The molecule has 0 radical (unpaired) electrons. The quantitative estimate of drug-likeness (QED) is 0.275. The number of aryl methyl sites for hydroxylation is 1. The molecule has 4 aromatic rings. The van der Waals surface area contributed by atoms with Crippen molar-refractivity contribution >= 4 is 45.8 Å². The van der Waals surface area contributed by atoms with Gasteiger partial charge in [0.2, 0.25) is 0 Å². The van der Waals surface area contributed by atoms with Gasteiger partial charge in [-0.25, -0.2) is 9.78 Å². The van der Waals surface area contributed by atoms with E-state index in [4.69, 9.17) is 28.2 Å². The molecule has 4 rings (SSSR count). The third-order valence-electron chi connectivity index (χ3n) is 6.09. The SMILES string of the molecule is CCCCN(C(=O)Nc1ccc(Cl)cc1Cl)C(C)c1nc2ccccc2c(=O)n1-c1cccc(C)c1. The fourth-order valence-electron chi connectivity index (χ4n) is 4.16. The molecule has 0 aliphatic heterocycles. The molecule has 0 bridgehead atoms. The molecule has 0 fully saturated rings. The molecule has 36 heavy (non-hydrogen) atoms. The number of aromatic nitrogens is 2. The summed E-state index contributed by atoms with van der Waals surface area (Å²) in [4.78, 5) is 33.8. The number of amides is 2. The second kappa shape index (κ2) is 11.1. The first-order valence-electron chi connectivity index (χ1n) is 11.9. The monoisotopic (exact) mass is 522 g/mol. The summed E-state index contributed by atoms with van der Waals surface area (Å²) in [7, 11) is 0. The molecule has 2 amide bonds. The van der Waals surface area contributed by atoms with Crippen LogP contribution < -0.4 is 10.9 Å². The fraction of sp³-hybridized carbons (Fsp3) is 0.250. The Bertz CT molecular complexity index is 1470. The van der Waals surface area contributed by atoms with Crippen LogP contribution in [-0.4, -0.2) is 27.0 Å². The summed E-state index contributed by atoms with van der Waals surface area (Å²) >= 11 is 12.3. The number of benzene rings is 3. The van der Waals surface area contributed by atoms with Gasteiger partial charge < -0.3 is 10.2 Å². The van der Waals surface area contributed by atoms with Gasteiger partial charge in [-0.1, -0.05) is 60.8 Å². The van der Waals surface area contributed by atoms with Crippen molar-refractivity contribution in [3.8, 4) is 5.69 Å². The highest BCUT2D eigenvalue weighted by Crippen LogP contribution is 2.28. The highest BCUT2D eigenvalue weighted by Gasteiger charge is 2.27. The lowest BCUT2D eigenvalue weighted by Gasteiger charge is -2.31. The molecular weight excluding hydrogens is 495 g/mol. The maximum absolute atomic E-state index is 13.7. The number of anilines is 1. The van der Waals surface area contributed by atoms with Crippen molar-refractivity contribution in [2.24, 2.45) is 0 Å². The minimum absolute atomic E-state index is 0.176. The average molecular weight is 523 g/mol. The van der Waals surface area contributed by atoms with Crippen LogP contribution in [0.3, 0.4) is 0 Å². The number of para-hydroxylation sites is 1. The van der Waals surface area contributed by atoms with Crippen LogP contribution in [-0.2, 0) is 0 Å². The van der Waals surface area contributed by atoms with E-state index in [0.29, 0.717) is 44.7 Å². The lowest BCUT2D eigenvalue weighted by atomic mass is 10.1. The Morgan fingerprint density at radius 2 is 1.86 bits per heavy atom. The first kappa shape index (κ1) is 25.7. The number of rotatable bonds is 7. The van der Waals surface area contributed by atoms with E-state index in [9.17, 15) is 9.59 Å². The Balaban J connectivity index is 1.83. The summed E-state index contributed by atoms with van der Waals surface area (Å²) in [5, 5.41) is 4.25. The van der Waals surface area contributed by atoms with Gasteiger partial charge >= 0.3 is 6.03 Å². The van der Waals surface area contributed by atoms with Crippen molar-refractivity contribution < 1.29 is 4.79 Å². The van der Waals surface area contributed by atoms with Gasteiger partial charge in [-0.2, -0.15) is 0 Å². The molecule has 0 spiro atoms. The smallest absolute Gasteiger partial charge is 0.315 e. The summed E-state index contributed by atoms with van der Waals surface area (Å²) in [5.41, 5.74) is 2.60. The Labute approximate surface area is 220 Å². The number of halogens is 2. The molecule has 0 aliphatic carbocycles. The molecule has 1 N–H and O–H groups in total. The van der Waals surface area contributed by atoms with Crippen LogP contribution >= 0.6 is 23.2 Å². The van der Waals surface area contributed by atoms with E-state index in [1.54, 1.807) is 33.7 Å². The number of nitrogens with zero attached hydrogens (tertiary/aromatic N) is 3. The molecule has 1 unspecified atom stereocenters. The largest absolute Gasteiger partial charge is 0.322 e. The normalized spacial score (nSPS) is 11.9. The van der Waals surface area contributed by atoms with Gasteiger partial charge in [-0.15, -0.1) is 0 Å². The number of carbonyl (C=O) groups excluding carboxylic acids is 1. The zero-order valence-electron chi connectivity index (χ0n) is 20.5. The lowest BCUT2D eigenvalue weighted by molar-refractivity contribution is 0.188. The van der Waals surface area contributed by atoms with Gasteiger partial charge in [0.1, 0.15) is 5.82 Å². The van der Waals surface area contributed by atoms with Crippen LogP contribution in [0.4, 0.5) is 10.5 Å². The second-order valence-corrected chi connectivity index (χ2v) is 9.59. The molecule has 1 heterocycles. The van der Waals surface area contributed by atoms with E-state index in [1.807, 2.05) is 56.3 Å². The molecule has 0 saturated heterocycles. The summed E-state index contributed by atoms with van der Waals surface area (Å²) in [6, 6.07) is 19.0. The fourth-order valence-corrected chi connectivity index (χ4v) is 4.62. The first-order chi connectivity index (χ1) is 17.3. The number of carbonyl (C=O) groups is 1. The highest BCUT2D eigenvalue weighted by atomic mass is 35.5. The van der Waals surface area contributed by atoms with Gasteiger partial charge in [-0.3, -0.25) is 9.36 Å². The number of urea groups is 1. The van der Waals surface area contributed by atoms with E-state index in [1.165, 1.54) is 0 Å². The van der Waals surface area contributed by atoms with Gasteiger partial charge in [0, 0.05) is 11.6 Å². The summed E-state index contributed by atoms with van der Waals surface area (Å²) in [5.74, 6) is 0.484. The average Bonchev–Trinajstić information content (AvgIpc) is 2.85. The summed E-state index contributed by atoms with van der Waals surface area (Å²) in [6.45, 7) is 6.41. The zero-order valence-corrected chi connectivity index (χ0v) is 22.0. The predicted octanol–water partition coefficient (Wildman–Crippen LogP) is 7.40.